The van der Waals surface area contributed by atoms with Crippen LogP contribution < -0.4 is 11.5 Å². The summed E-state index contributed by atoms with van der Waals surface area (Å²) in [6, 6.07) is 3.17. The molecule has 1 atom stereocenters. The van der Waals surface area contributed by atoms with Crippen LogP contribution in [0, 0.1) is 5.82 Å². The Morgan fingerprint density at radius 3 is 2.61 bits per heavy atom. The maximum Gasteiger partial charge on any atom is 0.249 e. The van der Waals surface area contributed by atoms with Gasteiger partial charge in [-0.2, -0.15) is 0 Å². The van der Waals surface area contributed by atoms with Crippen molar-refractivity contribution in [1.29, 1.82) is 0 Å². The molecule has 1 aliphatic rings. The first-order chi connectivity index (χ1) is 10.9. The molecule has 0 aliphatic carbocycles. The van der Waals surface area contributed by atoms with Crippen molar-refractivity contribution in [2.75, 3.05) is 6.54 Å². The lowest BCUT2D eigenvalue weighted by Crippen LogP contribution is -2.50. The third kappa shape index (κ3) is 4.06. The fourth-order valence-corrected chi connectivity index (χ4v) is 2.91. The van der Waals surface area contributed by atoms with Crippen LogP contribution in [0.25, 0.3) is 0 Å². The van der Waals surface area contributed by atoms with Crippen LogP contribution in [0.4, 0.5) is 4.39 Å². The number of carbonyl (C=O) groups excluding carboxylic acids is 3. The van der Waals surface area contributed by atoms with Crippen LogP contribution in [-0.4, -0.2) is 35.2 Å². The molecule has 1 aromatic rings. The summed E-state index contributed by atoms with van der Waals surface area (Å²) in [5.41, 5.74) is 11.2. The van der Waals surface area contributed by atoms with Crippen LogP contribution in [0.3, 0.4) is 0 Å². The normalized spacial score (nSPS) is 17.8. The van der Waals surface area contributed by atoms with E-state index in [9.17, 15) is 18.8 Å². The molecule has 0 aromatic heterocycles. The summed E-state index contributed by atoms with van der Waals surface area (Å²) in [6.07, 6.45) is 2.62. The molecule has 0 saturated carbocycles. The second kappa shape index (κ2) is 7.21. The highest BCUT2D eigenvalue weighted by Crippen LogP contribution is 2.19. The minimum atomic E-state index is -0.736. The van der Waals surface area contributed by atoms with Gasteiger partial charge in [-0.05, 0) is 43.4 Å². The fraction of sp³-hybridized carbons (Fsp3) is 0.438. The van der Waals surface area contributed by atoms with Crippen LogP contribution in [0.1, 0.15) is 41.6 Å². The van der Waals surface area contributed by atoms with E-state index in [2.05, 4.69) is 0 Å². The van der Waals surface area contributed by atoms with E-state index in [1.54, 1.807) is 0 Å². The molecule has 124 valence electrons. The van der Waals surface area contributed by atoms with Crippen LogP contribution in [0.2, 0.25) is 0 Å². The zero-order chi connectivity index (χ0) is 17.0. The van der Waals surface area contributed by atoms with Gasteiger partial charge in [-0.25, -0.2) is 4.39 Å². The lowest BCUT2D eigenvalue weighted by molar-refractivity contribution is -0.141. The summed E-state index contributed by atoms with van der Waals surface area (Å²) >= 11 is 0. The Morgan fingerprint density at radius 2 is 1.96 bits per heavy atom. The lowest BCUT2D eigenvalue weighted by atomic mass is 9.98. The maximum atomic E-state index is 13.2. The van der Waals surface area contributed by atoms with Gasteiger partial charge in [-0.1, -0.05) is 6.07 Å². The number of halogens is 1. The molecule has 1 saturated heterocycles. The van der Waals surface area contributed by atoms with Crippen LogP contribution in [-0.2, 0) is 16.0 Å². The summed E-state index contributed by atoms with van der Waals surface area (Å²) in [7, 11) is 0. The van der Waals surface area contributed by atoms with Crippen LogP contribution in [0.15, 0.2) is 18.2 Å². The van der Waals surface area contributed by atoms with E-state index in [1.165, 1.54) is 17.0 Å². The van der Waals surface area contributed by atoms with Gasteiger partial charge >= 0.3 is 0 Å². The molecule has 1 aliphatic heterocycles. The minimum Gasteiger partial charge on any atom is -0.368 e. The average molecular weight is 321 g/mol. The molecule has 1 aromatic carbocycles. The Hall–Kier alpha value is -2.44. The van der Waals surface area contributed by atoms with Gasteiger partial charge in [0.25, 0.3) is 0 Å². The Balaban J connectivity index is 2.07. The molecule has 2 rings (SSSR count). The fourth-order valence-electron chi connectivity index (χ4n) is 2.91. The van der Waals surface area contributed by atoms with Gasteiger partial charge in [0.2, 0.25) is 17.7 Å². The van der Waals surface area contributed by atoms with E-state index in [4.69, 9.17) is 11.5 Å². The topological polar surface area (TPSA) is 106 Å². The molecule has 6 nitrogen and oxygen atoms in total. The van der Waals surface area contributed by atoms with E-state index in [-0.39, 0.29) is 24.3 Å². The zero-order valence-electron chi connectivity index (χ0n) is 12.8. The number of amides is 3. The molecule has 3 amide bonds. The highest BCUT2D eigenvalue weighted by atomic mass is 19.1. The number of benzene rings is 1. The van der Waals surface area contributed by atoms with E-state index >= 15 is 0 Å². The molecule has 1 heterocycles. The molecule has 4 N–H and O–H groups in total. The summed E-state index contributed by atoms with van der Waals surface area (Å²) in [5.74, 6) is -2.00. The second-order valence-corrected chi connectivity index (χ2v) is 5.67. The largest absolute Gasteiger partial charge is 0.368 e. The molecule has 0 radical (unpaired) electrons. The van der Waals surface area contributed by atoms with Crippen molar-refractivity contribution in [2.24, 2.45) is 11.5 Å². The maximum absolute atomic E-state index is 13.2. The van der Waals surface area contributed by atoms with Gasteiger partial charge in [0.1, 0.15) is 11.9 Å². The van der Waals surface area contributed by atoms with Crippen LogP contribution >= 0.6 is 0 Å². The molecular weight excluding hydrogens is 301 g/mol. The van der Waals surface area contributed by atoms with Gasteiger partial charge < -0.3 is 16.4 Å². The third-order valence-corrected chi connectivity index (χ3v) is 4.10. The Labute approximate surface area is 133 Å². The van der Waals surface area contributed by atoms with Crippen molar-refractivity contribution in [1.82, 2.24) is 4.90 Å². The number of hydrogen-bond donors (Lipinski definition) is 2. The number of carbonyl (C=O) groups is 3. The highest BCUT2D eigenvalue weighted by Gasteiger charge is 2.30. The number of likely N-dealkylation sites (tertiary alicyclic amines) is 1. The lowest BCUT2D eigenvalue weighted by Gasteiger charge is -2.33. The number of piperidine rings is 1. The number of primary amides is 2. The average Bonchev–Trinajstić information content (AvgIpc) is 2.53. The quantitative estimate of drug-likeness (QED) is 0.834. The molecule has 23 heavy (non-hydrogen) atoms. The summed E-state index contributed by atoms with van der Waals surface area (Å²) in [4.78, 5) is 36.7. The van der Waals surface area contributed by atoms with Crippen molar-refractivity contribution >= 4 is 17.7 Å². The Morgan fingerprint density at radius 1 is 1.22 bits per heavy atom. The molecule has 1 fully saturated rings. The van der Waals surface area contributed by atoms with E-state index in [1.807, 2.05) is 0 Å². The second-order valence-electron chi connectivity index (χ2n) is 5.67. The van der Waals surface area contributed by atoms with Gasteiger partial charge in [-0.3, -0.25) is 14.4 Å². The van der Waals surface area contributed by atoms with E-state index in [0.29, 0.717) is 18.5 Å². The first-order valence-corrected chi connectivity index (χ1v) is 7.57. The van der Waals surface area contributed by atoms with Crippen molar-refractivity contribution in [3.63, 3.8) is 0 Å². The van der Waals surface area contributed by atoms with Crippen molar-refractivity contribution < 1.29 is 18.8 Å². The van der Waals surface area contributed by atoms with Gasteiger partial charge in [0.05, 0.1) is 0 Å². The van der Waals surface area contributed by atoms with Gasteiger partial charge in [0, 0.05) is 18.5 Å². The molecule has 0 spiro atoms. The number of aryl methyl sites for hydroxylation is 1. The van der Waals surface area contributed by atoms with Gasteiger partial charge in [0.15, 0.2) is 0 Å². The Kier molecular flexibility index (Phi) is 5.31. The van der Waals surface area contributed by atoms with Crippen molar-refractivity contribution in [2.45, 2.75) is 38.1 Å². The smallest absolute Gasteiger partial charge is 0.249 e. The van der Waals surface area contributed by atoms with E-state index < -0.39 is 23.7 Å². The number of nitrogens with zero attached hydrogens (tertiary/aromatic N) is 1. The van der Waals surface area contributed by atoms with E-state index in [0.717, 1.165) is 18.9 Å². The SMILES string of the molecule is NC(=O)c1cc(F)ccc1CCC(=O)N1CCCCC1C(N)=O. The monoisotopic (exact) mass is 321 g/mol. The van der Waals surface area contributed by atoms with Crippen molar-refractivity contribution in [3.8, 4) is 0 Å². The van der Waals surface area contributed by atoms with Gasteiger partial charge in [-0.15, -0.1) is 0 Å². The number of hydrogen-bond acceptors (Lipinski definition) is 3. The molecular formula is C16H20FN3O3. The predicted molar refractivity (Wildman–Crippen MR) is 81.8 cm³/mol. The first kappa shape index (κ1) is 16.9. The number of nitrogens with two attached hydrogens (primary N) is 2. The molecule has 0 bridgehead atoms. The zero-order valence-corrected chi connectivity index (χ0v) is 12.8. The molecule has 1 unspecified atom stereocenters. The summed E-state index contributed by atoms with van der Waals surface area (Å²) in [5, 5.41) is 0. The van der Waals surface area contributed by atoms with Crippen molar-refractivity contribution in [3.05, 3.63) is 35.1 Å². The summed E-state index contributed by atoms with van der Waals surface area (Å²) in [6.45, 7) is 0.499. The predicted octanol–water partition coefficient (Wildman–Crippen LogP) is 0.724. The molecule has 7 heteroatoms. The first-order valence-electron chi connectivity index (χ1n) is 7.57. The Bertz CT molecular complexity index is 633. The minimum absolute atomic E-state index is 0.0721. The number of rotatable bonds is 5. The third-order valence-electron chi connectivity index (χ3n) is 4.10. The standard InChI is InChI=1S/C16H20FN3O3/c17-11-6-4-10(12(9-11)15(18)22)5-7-14(21)20-8-2-1-3-13(20)16(19)23/h4,6,9,13H,1-3,5,7-8H2,(H2,18,22)(H2,19,23). The van der Waals surface area contributed by atoms with Crippen LogP contribution in [0.5, 0.6) is 0 Å². The summed E-state index contributed by atoms with van der Waals surface area (Å²) < 4.78 is 13.2. The highest BCUT2D eigenvalue weighted by molar-refractivity contribution is 5.94.